The van der Waals surface area contributed by atoms with Crippen LogP contribution in [0.25, 0.3) is 5.57 Å². The van der Waals surface area contributed by atoms with Crippen LogP contribution in [0, 0.1) is 0 Å². The highest BCUT2D eigenvalue weighted by atomic mass is 16.5. The molecule has 0 aliphatic heterocycles. The highest BCUT2D eigenvalue weighted by Crippen LogP contribution is 2.13. The summed E-state index contributed by atoms with van der Waals surface area (Å²) in [6.45, 7) is 5.73. The quantitative estimate of drug-likeness (QED) is 0.765. The van der Waals surface area contributed by atoms with Gasteiger partial charge >= 0.3 is 5.97 Å². The Morgan fingerprint density at radius 2 is 1.87 bits per heavy atom. The molecule has 0 heterocycles. The topological polar surface area (TPSA) is 46.5 Å². The van der Waals surface area contributed by atoms with E-state index in [1.54, 1.807) is 31.2 Å². The molecule has 3 heteroatoms. The lowest BCUT2D eigenvalue weighted by atomic mass is 10.1. The van der Waals surface area contributed by atoms with E-state index in [9.17, 15) is 4.79 Å². The third-order valence-electron chi connectivity index (χ3n) is 2.00. The number of rotatable bonds is 4. The van der Waals surface area contributed by atoms with Crippen molar-refractivity contribution in [3.05, 3.63) is 42.0 Å². The number of hydrogen-bond acceptors (Lipinski definition) is 3. The van der Waals surface area contributed by atoms with Gasteiger partial charge in [-0.1, -0.05) is 18.7 Å². The maximum absolute atomic E-state index is 11.3. The molecule has 0 unspecified atom stereocenters. The summed E-state index contributed by atoms with van der Waals surface area (Å²) in [5.74, 6) is -0.335. The molecule has 0 radical (unpaired) electrons. The van der Waals surface area contributed by atoms with Crippen molar-refractivity contribution in [2.24, 2.45) is 0 Å². The monoisotopic (exact) mass is 206 g/mol. The normalized spacial score (nSPS) is 9.73. The second-order valence-electron chi connectivity index (χ2n) is 3.06. The molecule has 0 fully saturated rings. The molecule has 1 rings (SSSR count). The van der Waals surface area contributed by atoms with Crippen molar-refractivity contribution >= 4 is 11.5 Å². The predicted octanol–water partition coefficient (Wildman–Crippen LogP) is 1.87. The molecule has 0 aliphatic rings. The molecule has 0 aromatic heterocycles. The molecule has 15 heavy (non-hydrogen) atoms. The SMILES string of the molecule is C=C(CO)c1ccc(C(=O)OCC)cc1. The maximum Gasteiger partial charge on any atom is 0.338 e. The molecule has 0 saturated carbocycles. The lowest BCUT2D eigenvalue weighted by molar-refractivity contribution is 0.0526. The zero-order valence-electron chi connectivity index (χ0n) is 8.69. The number of esters is 1. The van der Waals surface area contributed by atoms with Crippen molar-refractivity contribution in [1.82, 2.24) is 0 Å². The van der Waals surface area contributed by atoms with E-state index >= 15 is 0 Å². The van der Waals surface area contributed by atoms with Crippen LogP contribution in [0.1, 0.15) is 22.8 Å². The third kappa shape index (κ3) is 2.92. The van der Waals surface area contributed by atoms with Gasteiger partial charge in [0, 0.05) is 0 Å². The Morgan fingerprint density at radius 3 is 2.33 bits per heavy atom. The first-order valence-corrected chi connectivity index (χ1v) is 4.75. The molecule has 0 aliphatic carbocycles. The van der Waals surface area contributed by atoms with Gasteiger partial charge in [0.15, 0.2) is 0 Å². The van der Waals surface area contributed by atoms with Crippen LogP contribution < -0.4 is 0 Å². The summed E-state index contributed by atoms with van der Waals surface area (Å²) >= 11 is 0. The van der Waals surface area contributed by atoms with Gasteiger partial charge in [0.25, 0.3) is 0 Å². The number of benzene rings is 1. The molecular weight excluding hydrogens is 192 g/mol. The summed E-state index contributed by atoms with van der Waals surface area (Å²) in [5, 5.41) is 8.86. The Labute approximate surface area is 89.0 Å². The van der Waals surface area contributed by atoms with Gasteiger partial charge in [-0.3, -0.25) is 0 Å². The van der Waals surface area contributed by atoms with Gasteiger partial charge < -0.3 is 9.84 Å². The first kappa shape index (κ1) is 11.5. The summed E-state index contributed by atoms with van der Waals surface area (Å²) < 4.78 is 4.84. The van der Waals surface area contributed by atoms with Gasteiger partial charge in [0.2, 0.25) is 0 Å². The molecular formula is C12H14O3. The molecule has 0 spiro atoms. The second-order valence-corrected chi connectivity index (χ2v) is 3.06. The van der Waals surface area contributed by atoms with Gasteiger partial charge in [-0.2, -0.15) is 0 Å². The Bertz CT molecular complexity index is 352. The van der Waals surface area contributed by atoms with E-state index < -0.39 is 0 Å². The minimum atomic E-state index is -0.335. The Kier molecular flexibility index (Phi) is 4.06. The van der Waals surface area contributed by atoms with Crippen molar-refractivity contribution in [2.45, 2.75) is 6.92 Å². The van der Waals surface area contributed by atoms with Crippen LogP contribution in [-0.2, 0) is 4.74 Å². The zero-order chi connectivity index (χ0) is 11.3. The van der Waals surface area contributed by atoms with E-state index in [-0.39, 0.29) is 12.6 Å². The van der Waals surface area contributed by atoms with Gasteiger partial charge in [-0.05, 0) is 30.2 Å². The number of aliphatic hydroxyl groups is 1. The van der Waals surface area contributed by atoms with Crippen molar-refractivity contribution < 1.29 is 14.6 Å². The summed E-state index contributed by atoms with van der Waals surface area (Å²) in [6, 6.07) is 6.80. The van der Waals surface area contributed by atoms with Crippen molar-refractivity contribution in [3.8, 4) is 0 Å². The molecule has 1 aromatic carbocycles. The predicted molar refractivity (Wildman–Crippen MR) is 58.5 cm³/mol. The third-order valence-corrected chi connectivity index (χ3v) is 2.00. The molecule has 80 valence electrons. The first-order valence-electron chi connectivity index (χ1n) is 4.75. The number of ether oxygens (including phenoxy) is 1. The van der Waals surface area contributed by atoms with E-state index in [2.05, 4.69) is 6.58 Å². The Morgan fingerprint density at radius 1 is 1.33 bits per heavy atom. The average molecular weight is 206 g/mol. The van der Waals surface area contributed by atoms with E-state index in [0.29, 0.717) is 17.7 Å². The molecule has 0 bridgehead atoms. The maximum atomic E-state index is 11.3. The smallest absolute Gasteiger partial charge is 0.338 e. The minimum Gasteiger partial charge on any atom is -0.462 e. The lowest BCUT2D eigenvalue weighted by Gasteiger charge is -2.04. The van der Waals surface area contributed by atoms with E-state index in [1.807, 2.05) is 0 Å². The van der Waals surface area contributed by atoms with Crippen LogP contribution in [0.5, 0.6) is 0 Å². The number of aliphatic hydroxyl groups excluding tert-OH is 1. The number of hydrogen-bond donors (Lipinski definition) is 1. The average Bonchev–Trinajstić information content (AvgIpc) is 2.28. The Hall–Kier alpha value is -1.61. The highest BCUT2D eigenvalue weighted by molar-refractivity contribution is 5.89. The van der Waals surface area contributed by atoms with E-state index in [0.717, 1.165) is 5.56 Å². The van der Waals surface area contributed by atoms with Gasteiger partial charge in [0.1, 0.15) is 0 Å². The number of carbonyl (C=O) groups is 1. The van der Waals surface area contributed by atoms with Crippen LogP contribution in [0.4, 0.5) is 0 Å². The van der Waals surface area contributed by atoms with Crippen molar-refractivity contribution in [2.75, 3.05) is 13.2 Å². The summed E-state index contributed by atoms with van der Waals surface area (Å²) in [6.07, 6.45) is 0. The first-order chi connectivity index (χ1) is 7.19. The molecule has 0 saturated heterocycles. The van der Waals surface area contributed by atoms with Crippen LogP contribution in [-0.4, -0.2) is 24.3 Å². The minimum absolute atomic E-state index is 0.0846. The highest BCUT2D eigenvalue weighted by Gasteiger charge is 2.05. The summed E-state index contributed by atoms with van der Waals surface area (Å²) in [7, 11) is 0. The lowest BCUT2D eigenvalue weighted by Crippen LogP contribution is -2.04. The van der Waals surface area contributed by atoms with E-state index in [1.165, 1.54) is 0 Å². The molecule has 1 N–H and O–H groups in total. The molecule has 0 atom stereocenters. The molecule has 0 amide bonds. The van der Waals surface area contributed by atoms with Gasteiger partial charge in [-0.25, -0.2) is 4.79 Å². The standard InChI is InChI=1S/C12H14O3/c1-3-15-12(14)11-6-4-10(5-7-11)9(2)8-13/h4-7,13H,2-3,8H2,1H3. The van der Waals surface area contributed by atoms with E-state index in [4.69, 9.17) is 9.84 Å². The molecule has 1 aromatic rings. The zero-order valence-corrected chi connectivity index (χ0v) is 8.69. The van der Waals surface area contributed by atoms with Crippen molar-refractivity contribution in [3.63, 3.8) is 0 Å². The fourth-order valence-corrected chi connectivity index (χ4v) is 1.15. The largest absolute Gasteiger partial charge is 0.462 e. The van der Waals surface area contributed by atoms with Gasteiger partial charge in [-0.15, -0.1) is 0 Å². The molecule has 3 nitrogen and oxygen atoms in total. The van der Waals surface area contributed by atoms with Crippen LogP contribution in [0.15, 0.2) is 30.8 Å². The van der Waals surface area contributed by atoms with Crippen molar-refractivity contribution in [1.29, 1.82) is 0 Å². The second kappa shape index (κ2) is 5.32. The summed E-state index contributed by atoms with van der Waals surface area (Å²) in [4.78, 5) is 11.3. The van der Waals surface area contributed by atoms with Crippen LogP contribution in [0.2, 0.25) is 0 Å². The van der Waals surface area contributed by atoms with Gasteiger partial charge in [0.05, 0.1) is 18.8 Å². The van der Waals surface area contributed by atoms with Crippen LogP contribution >= 0.6 is 0 Å². The Balaban J connectivity index is 2.80. The summed E-state index contributed by atoms with van der Waals surface area (Å²) in [5.41, 5.74) is 1.96. The fraction of sp³-hybridized carbons (Fsp3) is 0.250. The number of carbonyl (C=O) groups excluding carboxylic acids is 1. The fourth-order valence-electron chi connectivity index (χ4n) is 1.15. The van der Waals surface area contributed by atoms with Crippen LogP contribution in [0.3, 0.4) is 0 Å².